The molecule has 1 aromatic heterocycles. The van der Waals surface area contributed by atoms with Crippen LogP contribution in [-0.2, 0) is 27.4 Å². The van der Waals surface area contributed by atoms with E-state index in [1.165, 1.54) is 35.4 Å². The predicted molar refractivity (Wildman–Crippen MR) is 122 cm³/mol. The van der Waals surface area contributed by atoms with Crippen LogP contribution in [0.2, 0.25) is 0 Å². The molecular formula is C25H22F4N4O6. The number of carbonyl (C=O) groups excluding carboxylic acids is 4. The zero-order valence-electron chi connectivity index (χ0n) is 20.2. The van der Waals surface area contributed by atoms with Crippen LogP contribution >= 0.6 is 0 Å². The quantitative estimate of drug-likeness (QED) is 0.418. The molecule has 2 fully saturated rings. The van der Waals surface area contributed by atoms with E-state index in [2.05, 4.69) is 20.4 Å². The Kier molecular flexibility index (Phi) is 6.87. The predicted octanol–water partition coefficient (Wildman–Crippen LogP) is 3.05. The molecule has 1 aromatic carbocycles. The van der Waals surface area contributed by atoms with Crippen LogP contribution in [0.5, 0.6) is 5.88 Å². The number of fused-ring (bicyclic) bond motifs is 1. The van der Waals surface area contributed by atoms with E-state index in [1.54, 1.807) is 0 Å². The van der Waals surface area contributed by atoms with Crippen molar-refractivity contribution >= 4 is 23.8 Å². The van der Waals surface area contributed by atoms with Crippen LogP contribution in [0.25, 0.3) is 0 Å². The van der Waals surface area contributed by atoms with E-state index in [9.17, 15) is 32.3 Å². The van der Waals surface area contributed by atoms with Crippen LogP contribution in [0, 0.1) is 5.82 Å². The molecule has 5 rings (SSSR count). The Morgan fingerprint density at radius 2 is 1.95 bits per heavy atom. The number of benzene rings is 1. The highest BCUT2D eigenvalue weighted by molar-refractivity contribution is 6.05. The van der Waals surface area contributed by atoms with Gasteiger partial charge in [-0.25, -0.2) is 14.2 Å². The minimum absolute atomic E-state index is 0.0165. The molecule has 1 saturated heterocycles. The lowest BCUT2D eigenvalue weighted by Crippen LogP contribution is -2.52. The van der Waals surface area contributed by atoms with Crippen LogP contribution in [0.15, 0.2) is 30.5 Å². The molecule has 10 nitrogen and oxygen atoms in total. The molecule has 1 aliphatic carbocycles. The molecule has 1 saturated carbocycles. The summed E-state index contributed by atoms with van der Waals surface area (Å²) >= 11 is 0. The lowest BCUT2D eigenvalue weighted by Gasteiger charge is -2.35. The molecule has 206 valence electrons. The summed E-state index contributed by atoms with van der Waals surface area (Å²) in [7, 11) is 0. The number of pyridine rings is 1. The standard InChI is InChI=1S/C25H22F4N4O6/c26-20-12(3-4-13-11-33(23(36)19(13)20)17-5-6-18(34)32-21(17)35)10-31-24(37)38-15-8-14(9-15)16-2-1-7-30-22(16)39-25(27,28)29/h1-4,7,14-15,17H,5-6,8-11H2,(H,31,37)(H,32,34,35). The van der Waals surface area contributed by atoms with E-state index >= 15 is 4.39 Å². The number of rotatable bonds is 6. The number of imide groups is 1. The van der Waals surface area contributed by atoms with Gasteiger partial charge < -0.3 is 19.7 Å². The molecule has 0 radical (unpaired) electrons. The van der Waals surface area contributed by atoms with Crippen LogP contribution in [0.4, 0.5) is 22.4 Å². The van der Waals surface area contributed by atoms with E-state index in [-0.39, 0.29) is 61.4 Å². The Balaban J connectivity index is 1.15. The number of piperidine rings is 1. The summed E-state index contributed by atoms with van der Waals surface area (Å²) < 4.78 is 62.3. The third kappa shape index (κ3) is 5.49. The Morgan fingerprint density at radius 1 is 1.18 bits per heavy atom. The summed E-state index contributed by atoms with van der Waals surface area (Å²) in [6.45, 7) is -0.269. The number of ether oxygens (including phenoxy) is 2. The van der Waals surface area contributed by atoms with Crippen molar-refractivity contribution in [1.29, 1.82) is 0 Å². The van der Waals surface area contributed by atoms with Crippen molar-refractivity contribution in [1.82, 2.24) is 20.5 Å². The lowest BCUT2D eigenvalue weighted by atomic mass is 9.78. The van der Waals surface area contributed by atoms with Crippen molar-refractivity contribution in [2.24, 2.45) is 0 Å². The monoisotopic (exact) mass is 550 g/mol. The van der Waals surface area contributed by atoms with E-state index < -0.39 is 54.0 Å². The van der Waals surface area contributed by atoms with Crippen molar-refractivity contribution in [3.05, 3.63) is 58.5 Å². The largest absolute Gasteiger partial charge is 0.574 e. The van der Waals surface area contributed by atoms with Crippen molar-refractivity contribution in [3.63, 3.8) is 0 Å². The molecule has 1 unspecified atom stereocenters. The first kappa shape index (κ1) is 26.4. The van der Waals surface area contributed by atoms with Gasteiger partial charge in [-0.15, -0.1) is 13.2 Å². The molecule has 3 aliphatic rings. The van der Waals surface area contributed by atoms with Gasteiger partial charge in [0.05, 0.1) is 5.56 Å². The van der Waals surface area contributed by atoms with Crippen LogP contribution in [0.3, 0.4) is 0 Å². The molecule has 4 amide bonds. The molecule has 2 aliphatic heterocycles. The van der Waals surface area contributed by atoms with Crippen LogP contribution in [-0.4, -0.2) is 52.2 Å². The maximum Gasteiger partial charge on any atom is 0.574 e. The van der Waals surface area contributed by atoms with Gasteiger partial charge in [0.1, 0.15) is 18.0 Å². The number of alkyl halides is 3. The normalized spacial score (nSPS) is 22.6. The van der Waals surface area contributed by atoms with Gasteiger partial charge in [-0.05, 0) is 36.8 Å². The van der Waals surface area contributed by atoms with Gasteiger partial charge in [-0.1, -0.05) is 18.2 Å². The third-order valence-corrected chi connectivity index (χ3v) is 6.95. The van der Waals surface area contributed by atoms with Crippen LogP contribution in [0.1, 0.15) is 58.6 Å². The Labute approximate surface area is 218 Å². The van der Waals surface area contributed by atoms with Gasteiger partial charge in [0.25, 0.3) is 5.91 Å². The minimum Gasteiger partial charge on any atom is -0.446 e. The number of aromatic nitrogens is 1. The Hall–Kier alpha value is -4.23. The minimum atomic E-state index is -4.89. The summed E-state index contributed by atoms with van der Waals surface area (Å²) in [5.74, 6) is -3.43. The Bertz CT molecular complexity index is 1340. The third-order valence-electron chi connectivity index (χ3n) is 6.95. The molecule has 14 heteroatoms. The van der Waals surface area contributed by atoms with Gasteiger partial charge in [-0.3, -0.25) is 19.7 Å². The second kappa shape index (κ2) is 10.2. The fraction of sp³-hybridized carbons (Fsp3) is 0.400. The van der Waals surface area contributed by atoms with Crippen molar-refractivity contribution in [3.8, 4) is 5.88 Å². The zero-order chi connectivity index (χ0) is 27.9. The van der Waals surface area contributed by atoms with Gasteiger partial charge in [-0.2, -0.15) is 0 Å². The molecule has 2 aromatic rings. The highest BCUT2D eigenvalue weighted by Gasteiger charge is 2.41. The van der Waals surface area contributed by atoms with E-state index in [0.717, 1.165) is 0 Å². The van der Waals surface area contributed by atoms with E-state index in [1.807, 2.05) is 0 Å². The second-order valence-corrected chi connectivity index (χ2v) is 9.47. The smallest absolute Gasteiger partial charge is 0.446 e. The summed E-state index contributed by atoms with van der Waals surface area (Å²) in [6, 6.07) is 5.02. The van der Waals surface area contributed by atoms with Gasteiger partial charge in [0.2, 0.25) is 17.7 Å². The van der Waals surface area contributed by atoms with E-state index in [0.29, 0.717) is 5.56 Å². The topological polar surface area (TPSA) is 127 Å². The summed E-state index contributed by atoms with van der Waals surface area (Å²) in [4.78, 5) is 53.6. The maximum absolute atomic E-state index is 15.2. The summed E-state index contributed by atoms with van der Waals surface area (Å²) in [5, 5.41) is 4.59. The van der Waals surface area contributed by atoms with Crippen LogP contribution < -0.4 is 15.4 Å². The maximum atomic E-state index is 15.2. The number of nitrogens with one attached hydrogen (secondary N) is 2. The number of halogens is 4. The molecule has 0 spiro atoms. The highest BCUT2D eigenvalue weighted by Crippen LogP contribution is 2.42. The lowest BCUT2D eigenvalue weighted by molar-refractivity contribution is -0.276. The Morgan fingerprint density at radius 3 is 2.67 bits per heavy atom. The first-order chi connectivity index (χ1) is 18.5. The van der Waals surface area contributed by atoms with Crippen molar-refractivity contribution < 1.29 is 46.2 Å². The highest BCUT2D eigenvalue weighted by atomic mass is 19.4. The molecule has 1 atom stereocenters. The van der Waals surface area contributed by atoms with Crippen molar-refractivity contribution in [2.75, 3.05) is 0 Å². The summed E-state index contributed by atoms with van der Waals surface area (Å²) in [6.07, 6.45) is -4.40. The molecule has 2 N–H and O–H groups in total. The number of nitrogens with zero attached hydrogens (tertiary/aromatic N) is 2. The van der Waals surface area contributed by atoms with Gasteiger partial charge in [0.15, 0.2) is 0 Å². The number of amides is 4. The van der Waals surface area contributed by atoms with E-state index in [4.69, 9.17) is 4.74 Å². The first-order valence-corrected chi connectivity index (χ1v) is 12.1. The fourth-order valence-corrected chi connectivity index (χ4v) is 4.97. The number of carbonyl (C=O) groups is 4. The number of alkyl carbamates (subject to hydrolysis) is 1. The van der Waals surface area contributed by atoms with Crippen molar-refractivity contribution in [2.45, 2.75) is 63.2 Å². The molecule has 3 heterocycles. The molecular weight excluding hydrogens is 528 g/mol. The first-order valence-electron chi connectivity index (χ1n) is 12.1. The van der Waals surface area contributed by atoms with Gasteiger partial charge in [0, 0.05) is 36.8 Å². The van der Waals surface area contributed by atoms with Gasteiger partial charge >= 0.3 is 12.5 Å². The SMILES string of the molecule is O=C1CCC(N2Cc3ccc(CNC(=O)OC4CC(c5cccnc5OC(F)(F)F)C4)c(F)c3C2=O)C(=O)N1. The molecule has 0 bridgehead atoms. The summed E-state index contributed by atoms with van der Waals surface area (Å²) in [5.41, 5.74) is 0.479. The second-order valence-electron chi connectivity index (χ2n) is 9.47. The average Bonchev–Trinajstić information content (AvgIpc) is 3.17. The average molecular weight is 550 g/mol. The molecule has 39 heavy (non-hydrogen) atoms. The zero-order valence-corrected chi connectivity index (χ0v) is 20.2. The number of hydrogen-bond acceptors (Lipinski definition) is 7. The number of hydrogen-bond donors (Lipinski definition) is 2. The fourth-order valence-electron chi connectivity index (χ4n) is 4.97.